The average molecular weight is 330 g/mol. The van der Waals surface area contributed by atoms with Crippen LogP contribution in [-0.4, -0.2) is 38.7 Å². The third-order valence-electron chi connectivity index (χ3n) is 6.84. The zero-order valence-corrected chi connectivity index (χ0v) is 14.9. The van der Waals surface area contributed by atoms with Gasteiger partial charge in [0.2, 0.25) is 5.91 Å². The number of hydrogen-bond acceptors (Lipinski definition) is 3. The van der Waals surface area contributed by atoms with Crippen LogP contribution in [0.2, 0.25) is 0 Å². The molecule has 2 saturated carbocycles. The molecule has 0 radical (unpaired) electrons. The molecule has 3 aliphatic rings. The molecule has 1 aromatic rings. The molecule has 3 fully saturated rings. The highest BCUT2D eigenvalue weighted by Crippen LogP contribution is 2.55. The van der Waals surface area contributed by atoms with Gasteiger partial charge in [-0.2, -0.15) is 0 Å². The van der Waals surface area contributed by atoms with Gasteiger partial charge in [0, 0.05) is 32.0 Å². The van der Waals surface area contributed by atoms with Crippen LogP contribution in [-0.2, 0) is 11.3 Å². The van der Waals surface area contributed by atoms with Crippen molar-refractivity contribution in [2.75, 3.05) is 13.1 Å². The van der Waals surface area contributed by atoms with E-state index in [4.69, 9.17) is 0 Å². The van der Waals surface area contributed by atoms with Crippen LogP contribution in [0.1, 0.15) is 76.5 Å². The van der Waals surface area contributed by atoms with E-state index in [1.807, 2.05) is 6.33 Å². The first kappa shape index (κ1) is 16.1. The monoisotopic (exact) mass is 330 g/mol. The van der Waals surface area contributed by atoms with E-state index in [9.17, 15) is 4.79 Å². The number of amides is 1. The van der Waals surface area contributed by atoms with Crippen molar-refractivity contribution in [1.29, 1.82) is 0 Å². The lowest BCUT2D eigenvalue weighted by Crippen LogP contribution is -2.38. The lowest BCUT2D eigenvalue weighted by atomic mass is 9.62. The number of hydrogen-bond donors (Lipinski definition) is 0. The van der Waals surface area contributed by atoms with E-state index in [1.54, 1.807) is 0 Å². The number of aryl methyl sites for hydroxylation is 1. The van der Waals surface area contributed by atoms with Gasteiger partial charge in [-0.05, 0) is 43.9 Å². The molecule has 0 bridgehead atoms. The fraction of sp³-hybridized carbons (Fsp3) is 0.842. The molecule has 1 unspecified atom stereocenters. The van der Waals surface area contributed by atoms with Gasteiger partial charge in [-0.25, -0.2) is 0 Å². The molecule has 24 heavy (non-hydrogen) atoms. The Hall–Kier alpha value is -1.39. The Kier molecular flexibility index (Phi) is 4.35. The number of aromatic nitrogens is 3. The van der Waals surface area contributed by atoms with E-state index in [1.165, 1.54) is 51.4 Å². The molecule has 132 valence electrons. The van der Waals surface area contributed by atoms with E-state index < -0.39 is 0 Å². The van der Waals surface area contributed by atoms with Crippen LogP contribution in [0.4, 0.5) is 0 Å². The van der Waals surface area contributed by atoms with Crippen molar-refractivity contribution in [3.05, 3.63) is 12.2 Å². The second-order valence-electron chi connectivity index (χ2n) is 8.23. The minimum atomic E-state index is 0.280. The van der Waals surface area contributed by atoms with Gasteiger partial charge in [-0.1, -0.05) is 25.7 Å². The largest absolute Gasteiger partial charge is 0.341 e. The summed E-state index contributed by atoms with van der Waals surface area (Å²) >= 11 is 0. The highest BCUT2D eigenvalue weighted by molar-refractivity contribution is 5.77. The Morgan fingerprint density at radius 1 is 1.25 bits per heavy atom. The maximum absolute atomic E-state index is 12.9. The van der Waals surface area contributed by atoms with Crippen LogP contribution in [0.15, 0.2) is 6.33 Å². The molecule has 1 saturated heterocycles. The molecule has 1 amide bonds. The Labute approximate surface area is 144 Å². The molecule has 4 rings (SSSR count). The van der Waals surface area contributed by atoms with Crippen molar-refractivity contribution < 1.29 is 4.79 Å². The second kappa shape index (κ2) is 6.49. The summed E-state index contributed by atoms with van der Waals surface area (Å²) < 4.78 is 2.17. The summed E-state index contributed by atoms with van der Waals surface area (Å²) in [5.41, 5.74) is 0.280. The smallest absolute Gasteiger partial charge is 0.222 e. The Balaban J connectivity index is 1.47. The summed E-state index contributed by atoms with van der Waals surface area (Å²) in [6, 6.07) is 0. The summed E-state index contributed by atoms with van der Waals surface area (Å²) in [6.07, 6.45) is 12.8. The van der Waals surface area contributed by atoms with Gasteiger partial charge in [-0.15, -0.1) is 10.2 Å². The SMILES string of the molecule is CCn1cnnc1C1CN(C(=O)CC2CCCCC2)CC12CCC2. The van der Waals surface area contributed by atoms with Crippen LogP contribution in [0.5, 0.6) is 0 Å². The first-order valence-electron chi connectivity index (χ1n) is 9.87. The molecule has 0 aromatic carbocycles. The summed E-state index contributed by atoms with van der Waals surface area (Å²) in [7, 11) is 0. The number of carbonyl (C=O) groups excluding carboxylic acids is 1. The molecule has 5 heteroatoms. The zero-order chi connectivity index (χ0) is 16.6. The van der Waals surface area contributed by atoms with E-state index in [-0.39, 0.29) is 5.41 Å². The summed E-state index contributed by atoms with van der Waals surface area (Å²) in [6.45, 7) is 4.84. The fourth-order valence-electron chi connectivity index (χ4n) is 5.20. The Bertz CT molecular complexity index is 586. The molecular formula is C19H30N4O. The van der Waals surface area contributed by atoms with Crippen molar-refractivity contribution >= 4 is 5.91 Å². The third kappa shape index (κ3) is 2.76. The molecule has 2 heterocycles. The summed E-state index contributed by atoms with van der Waals surface area (Å²) in [5.74, 6) is 2.49. The van der Waals surface area contributed by atoms with Gasteiger partial charge in [0.05, 0.1) is 0 Å². The van der Waals surface area contributed by atoms with Gasteiger partial charge in [-0.3, -0.25) is 4.79 Å². The first-order valence-corrected chi connectivity index (χ1v) is 9.87. The van der Waals surface area contributed by atoms with Crippen molar-refractivity contribution in [3.8, 4) is 0 Å². The van der Waals surface area contributed by atoms with Crippen molar-refractivity contribution in [1.82, 2.24) is 19.7 Å². The summed E-state index contributed by atoms with van der Waals surface area (Å²) in [4.78, 5) is 15.1. The molecular weight excluding hydrogens is 300 g/mol. The molecule has 0 N–H and O–H groups in total. The average Bonchev–Trinajstić information content (AvgIpc) is 3.19. The van der Waals surface area contributed by atoms with Crippen LogP contribution in [0.3, 0.4) is 0 Å². The second-order valence-corrected chi connectivity index (χ2v) is 8.23. The van der Waals surface area contributed by atoms with Crippen molar-refractivity contribution in [2.45, 2.75) is 77.2 Å². The van der Waals surface area contributed by atoms with Crippen molar-refractivity contribution in [2.24, 2.45) is 11.3 Å². The number of carbonyl (C=O) groups is 1. The van der Waals surface area contributed by atoms with E-state index in [0.717, 1.165) is 31.9 Å². The van der Waals surface area contributed by atoms with E-state index in [2.05, 4.69) is 26.6 Å². The van der Waals surface area contributed by atoms with Gasteiger partial charge >= 0.3 is 0 Å². The minimum Gasteiger partial charge on any atom is -0.341 e. The van der Waals surface area contributed by atoms with Gasteiger partial charge in [0.25, 0.3) is 0 Å². The normalized spacial score (nSPS) is 26.7. The highest BCUT2D eigenvalue weighted by Gasteiger charge is 2.53. The standard InChI is InChI=1S/C19H30N4O/c1-2-22-14-20-21-18(22)16-12-23(13-19(16)9-6-10-19)17(24)11-15-7-4-3-5-8-15/h14-16H,2-13H2,1H3. The topological polar surface area (TPSA) is 51.0 Å². The molecule has 1 atom stereocenters. The van der Waals surface area contributed by atoms with Gasteiger partial charge in [0.1, 0.15) is 12.2 Å². The number of rotatable bonds is 4. The van der Waals surface area contributed by atoms with Crippen molar-refractivity contribution in [3.63, 3.8) is 0 Å². The summed E-state index contributed by atoms with van der Waals surface area (Å²) in [5, 5.41) is 8.57. The molecule has 2 aliphatic carbocycles. The highest BCUT2D eigenvalue weighted by atomic mass is 16.2. The third-order valence-corrected chi connectivity index (χ3v) is 6.84. The Morgan fingerprint density at radius 2 is 2.04 bits per heavy atom. The van der Waals surface area contributed by atoms with Crippen LogP contribution in [0.25, 0.3) is 0 Å². The van der Waals surface area contributed by atoms with Crippen LogP contribution >= 0.6 is 0 Å². The Morgan fingerprint density at radius 3 is 2.71 bits per heavy atom. The predicted molar refractivity (Wildman–Crippen MR) is 92.5 cm³/mol. The maximum atomic E-state index is 12.9. The van der Waals surface area contributed by atoms with E-state index in [0.29, 0.717) is 17.7 Å². The van der Waals surface area contributed by atoms with Gasteiger partial charge in [0.15, 0.2) is 0 Å². The van der Waals surface area contributed by atoms with Crippen LogP contribution in [0, 0.1) is 11.3 Å². The maximum Gasteiger partial charge on any atom is 0.222 e. The quantitative estimate of drug-likeness (QED) is 0.850. The van der Waals surface area contributed by atoms with Gasteiger partial charge < -0.3 is 9.47 Å². The molecule has 1 spiro atoms. The molecule has 1 aromatic heterocycles. The number of nitrogens with zero attached hydrogens (tertiary/aromatic N) is 4. The number of likely N-dealkylation sites (tertiary alicyclic amines) is 1. The lowest BCUT2D eigenvalue weighted by molar-refractivity contribution is -0.132. The molecule has 1 aliphatic heterocycles. The predicted octanol–water partition coefficient (Wildman–Crippen LogP) is 3.36. The zero-order valence-electron chi connectivity index (χ0n) is 14.9. The molecule has 5 nitrogen and oxygen atoms in total. The minimum absolute atomic E-state index is 0.280. The lowest BCUT2D eigenvalue weighted by Gasteiger charge is -2.42. The fourth-order valence-corrected chi connectivity index (χ4v) is 5.20. The van der Waals surface area contributed by atoms with E-state index >= 15 is 0 Å². The first-order chi connectivity index (χ1) is 11.7. The van der Waals surface area contributed by atoms with Crippen LogP contribution < -0.4 is 0 Å².